The summed E-state index contributed by atoms with van der Waals surface area (Å²) >= 11 is 0. The van der Waals surface area contributed by atoms with Gasteiger partial charge in [-0.05, 0) is 32.9 Å². The maximum Gasteiger partial charge on any atom is 0.408 e. The van der Waals surface area contributed by atoms with Gasteiger partial charge in [-0.25, -0.2) is 4.79 Å². The predicted octanol–water partition coefficient (Wildman–Crippen LogP) is 3.95. The van der Waals surface area contributed by atoms with Crippen molar-refractivity contribution in [1.82, 2.24) is 5.32 Å². The number of amides is 2. The van der Waals surface area contributed by atoms with Gasteiger partial charge in [-0.2, -0.15) is 0 Å². The third-order valence-electron chi connectivity index (χ3n) is 4.75. The highest BCUT2D eigenvalue weighted by Crippen LogP contribution is 2.42. The summed E-state index contributed by atoms with van der Waals surface area (Å²) < 4.78 is 27.2. The Morgan fingerprint density at radius 1 is 0.971 bits per heavy atom. The van der Waals surface area contributed by atoms with Gasteiger partial charge in [0.15, 0.2) is 16.9 Å². The van der Waals surface area contributed by atoms with Crippen molar-refractivity contribution in [2.45, 2.75) is 26.4 Å². The Hall–Kier alpha value is -4.21. The Balaban J connectivity index is 1.87. The van der Waals surface area contributed by atoms with Gasteiger partial charge in [-0.1, -0.05) is 12.1 Å². The third-order valence-corrected chi connectivity index (χ3v) is 4.75. The number of hydrogen-bond acceptors (Lipinski definition) is 8. The molecule has 0 aliphatic carbocycles. The summed E-state index contributed by atoms with van der Waals surface area (Å²) in [5, 5.41) is 5.30. The van der Waals surface area contributed by atoms with Gasteiger partial charge in [0.1, 0.15) is 28.9 Å². The van der Waals surface area contributed by atoms with Gasteiger partial charge in [0, 0.05) is 23.4 Å². The number of nitrogens with one attached hydrogen (secondary N) is 2. The van der Waals surface area contributed by atoms with Crippen LogP contribution in [0, 0.1) is 0 Å². The Morgan fingerprint density at radius 2 is 1.69 bits per heavy atom. The van der Waals surface area contributed by atoms with E-state index in [4.69, 9.17) is 23.4 Å². The lowest BCUT2D eigenvalue weighted by atomic mass is 10.1. The highest BCUT2D eigenvalue weighted by atomic mass is 16.6. The molecule has 2 N–H and O–H groups in total. The molecular formula is C25H28N2O8. The summed E-state index contributed by atoms with van der Waals surface area (Å²) in [7, 11) is 4.34. The van der Waals surface area contributed by atoms with E-state index in [0.717, 1.165) is 0 Å². The Bertz CT molecular complexity index is 1310. The Labute approximate surface area is 202 Å². The molecule has 2 amide bonds. The normalized spacial score (nSPS) is 11.0. The second-order valence-electron chi connectivity index (χ2n) is 8.48. The molecule has 10 heteroatoms. The number of carbonyl (C=O) groups excluding carboxylic acids is 2. The Kier molecular flexibility index (Phi) is 7.53. The van der Waals surface area contributed by atoms with Crippen molar-refractivity contribution in [3.05, 3.63) is 46.6 Å². The fourth-order valence-electron chi connectivity index (χ4n) is 3.35. The summed E-state index contributed by atoms with van der Waals surface area (Å²) in [6, 6.07) is 9.64. The van der Waals surface area contributed by atoms with Crippen LogP contribution in [-0.4, -0.2) is 45.5 Å². The number of methoxy groups -OCH3 is 3. The SMILES string of the molecule is COc1cc2oc(-c3cccc(NC(=O)CNC(=O)OC(C)(C)C)c3)cc(=O)c2c(OC)c1OC. The van der Waals surface area contributed by atoms with E-state index in [2.05, 4.69) is 10.6 Å². The molecule has 0 fully saturated rings. The van der Waals surface area contributed by atoms with Gasteiger partial charge >= 0.3 is 6.09 Å². The number of fused-ring (bicyclic) bond motifs is 1. The zero-order valence-electron chi connectivity index (χ0n) is 20.4. The molecule has 10 nitrogen and oxygen atoms in total. The number of carbonyl (C=O) groups is 2. The summed E-state index contributed by atoms with van der Waals surface area (Å²) in [4.78, 5) is 37.0. The van der Waals surface area contributed by atoms with Crippen molar-refractivity contribution >= 4 is 28.7 Å². The molecule has 0 aliphatic rings. The number of benzene rings is 2. The minimum Gasteiger partial charge on any atom is -0.493 e. The first-order valence-electron chi connectivity index (χ1n) is 10.7. The van der Waals surface area contributed by atoms with Gasteiger partial charge < -0.3 is 34.0 Å². The molecule has 0 bridgehead atoms. The van der Waals surface area contributed by atoms with Gasteiger partial charge in [0.25, 0.3) is 0 Å². The van der Waals surface area contributed by atoms with Gasteiger partial charge in [0.05, 0.1) is 21.3 Å². The van der Waals surface area contributed by atoms with Crippen molar-refractivity contribution in [2.24, 2.45) is 0 Å². The molecule has 3 rings (SSSR count). The highest BCUT2D eigenvalue weighted by molar-refractivity contribution is 5.94. The largest absolute Gasteiger partial charge is 0.493 e. The second-order valence-corrected chi connectivity index (χ2v) is 8.48. The number of alkyl carbamates (subject to hydrolysis) is 1. The van der Waals surface area contributed by atoms with Crippen LogP contribution in [0.2, 0.25) is 0 Å². The molecule has 0 atom stereocenters. The smallest absolute Gasteiger partial charge is 0.408 e. The minimum absolute atomic E-state index is 0.209. The van der Waals surface area contributed by atoms with E-state index < -0.39 is 17.6 Å². The standard InChI is InChI=1S/C25H28N2O8/c1-25(2,3)35-24(30)26-13-20(29)27-15-9-7-8-14(10-15)17-11-16(28)21-18(34-17)12-19(31-4)22(32-5)23(21)33-6/h7-12H,13H2,1-6H3,(H,26,30)(H,27,29). The number of anilines is 1. The molecule has 0 radical (unpaired) electrons. The lowest BCUT2D eigenvalue weighted by molar-refractivity contribution is -0.115. The van der Waals surface area contributed by atoms with Crippen LogP contribution in [0.15, 0.2) is 45.6 Å². The molecule has 2 aromatic carbocycles. The first-order valence-corrected chi connectivity index (χ1v) is 10.7. The molecule has 0 aliphatic heterocycles. The fourth-order valence-corrected chi connectivity index (χ4v) is 3.35. The zero-order valence-corrected chi connectivity index (χ0v) is 20.4. The maximum absolute atomic E-state index is 13.0. The Morgan fingerprint density at radius 3 is 2.31 bits per heavy atom. The summed E-state index contributed by atoms with van der Waals surface area (Å²) in [5.41, 5.74) is 0.243. The van der Waals surface area contributed by atoms with Crippen LogP contribution in [0.5, 0.6) is 17.2 Å². The number of ether oxygens (including phenoxy) is 4. The topological polar surface area (TPSA) is 125 Å². The molecule has 1 heterocycles. The first-order chi connectivity index (χ1) is 16.6. The molecule has 1 aromatic heterocycles. The van der Waals surface area contributed by atoms with E-state index >= 15 is 0 Å². The van der Waals surface area contributed by atoms with E-state index in [1.807, 2.05) is 0 Å². The van der Waals surface area contributed by atoms with Crippen molar-refractivity contribution in [1.29, 1.82) is 0 Å². The second kappa shape index (κ2) is 10.4. The average molecular weight is 485 g/mol. The van der Waals surface area contributed by atoms with E-state index in [1.165, 1.54) is 27.4 Å². The molecule has 0 unspecified atom stereocenters. The highest BCUT2D eigenvalue weighted by Gasteiger charge is 2.21. The van der Waals surface area contributed by atoms with Crippen LogP contribution in [-0.2, 0) is 9.53 Å². The van der Waals surface area contributed by atoms with Gasteiger partial charge in [0.2, 0.25) is 11.7 Å². The lowest BCUT2D eigenvalue weighted by Gasteiger charge is -2.19. The zero-order chi connectivity index (χ0) is 25.8. The summed E-state index contributed by atoms with van der Waals surface area (Å²) in [6.07, 6.45) is -0.693. The van der Waals surface area contributed by atoms with Crippen LogP contribution in [0.3, 0.4) is 0 Å². The van der Waals surface area contributed by atoms with Crippen LogP contribution < -0.4 is 30.3 Å². The van der Waals surface area contributed by atoms with Gasteiger partial charge in [-0.3, -0.25) is 9.59 Å². The number of rotatable bonds is 7. The number of hydrogen-bond donors (Lipinski definition) is 2. The first kappa shape index (κ1) is 25.4. The molecule has 0 spiro atoms. The third kappa shape index (κ3) is 6.03. The van der Waals surface area contributed by atoms with E-state index in [0.29, 0.717) is 17.0 Å². The van der Waals surface area contributed by atoms with Crippen LogP contribution >= 0.6 is 0 Å². The molecule has 0 saturated carbocycles. The summed E-state index contributed by atoms with van der Waals surface area (Å²) in [5.74, 6) is 0.665. The molecular weight excluding hydrogens is 456 g/mol. The van der Waals surface area contributed by atoms with Crippen molar-refractivity contribution < 1.29 is 33.0 Å². The molecule has 3 aromatic rings. The lowest BCUT2D eigenvalue weighted by Crippen LogP contribution is -2.37. The quantitative estimate of drug-likeness (QED) is 0.516. The van der Waals surface area contributed by atoms with E-state index in [-0.39, 0.29) is 40.2 Å². The van der Waals surface area contributed by atoms with Crippen molar-refractivity contribution in [2.75, 3.05) is 33.2 Å². The van der Waals surface area contributed by atoms with E-state index in [9.17, 15) is 14.4 Å². The molecule has 0 saturated heterocycles. The minimum atomic E-state index is -0.693. The summed E-state index contributed by atoms with van der Waals surface area (Å²) in [6.45, 7) is 4.91. The van der Waals surface area contributed by atoms with Crippen molar-refractivity contribution in [3.63, 3.8) is 0 Å². The van der Waals surface area contributed by atoms with Crippen LogP contribution in [0.1, 0.15) is 20.8 Å². The maximum atomic E-state index is 13.0. The predicted molar refractivity (Wildman–Crippen MR) is 130 cm³/mol. The van der Waals surface area contributed by atoms with Crippen molar-refractivity contribution in [3.8, 4) is 28.6 Å². The molecule has 35 heavy (non-hydrogen) atoms. The van der Waals surface area contributed by atoms with Crippen LogP contribution in [0.4, 0.5) is 10.5 Å². The fraction of sp³-hybridized carbons (Fsp3) is 0.320. The molecule has 186 valence electrons. The van der Waals surface area contributed by atoms with Gasteiger partial charge in [-0.15, -0.1) is 0 Å². The van der Waals surface area contributed by atoms with E-state index in [1.54, 1.807) is 51.1 Å². The monoisotopic (exact) mass is 484 g/mol. The average Bonchev–Trinajstić information content (AvgIpc) is 2.80. The van der Waals surface area contributed by atoms with Crippen LogP contribution in [0.25, 0.3) is 22.3 Å².